The molecule has 4 nitrogen and oxygen atoms in total. The molecular formula is C14H11BrFN3OS. The summed E-state index contributed by atoms with van der Waals surface area (Å²) < 4.78 is 19.4. The van der Waals surface area contributed by atoms with Gasteiger partial charge in [-0.3, -0.25) is 0 Å². The van der Waals surface area contributed by atoms with E-state index in [4.69, 9.17) is 4.74 Å². The van der Waals surface area contributed by atoms with E-state index >= 15 is 0 Å². The van der Waals surface area contributed by atoms with E-state index in [1.165, 1.54) is 6.07 Å². The van der Waals surface area contributed by atoms with E-state index in [1.807, 2.05) is 13.0 Å². The van der Waals surface area contributed by atoms with Crippen molar-refractivity contribution in [2.45, 2.75) is 6.92 Å². The second-order valence-electron chi connectivity index (χ2n) is 4.36. The van der Waals surface area contributed by atoms with Crippen LogP contribution in [-0.2, 0) is 0 Å². The van der Waals surface area contributed by atoms with E-state index < -0.39 is 0 Å². The molecule has 7 heteroatoms. The van der Waals surface area contributed by atoms with Gasteiger partial charge in [-0.2, -0.15) is 4.98 Å². The maximum Gasteiger partial charge on any atom is 0.232 e. The highest BCUT2D eigenvalue weighted by Gasteiger charge is 2.13. The highest BCUT2D eigenvalue weighted by atomic mass is 79.9. The van der Waals surface area contributed by atoms with Crippen molar-refractivity contribution < 1.29 is 9.13 Å². The normalized spacial score (nSPS) is 10.9. The van der Waals surface area contributed by atoms with Gasteiger partial charge in [-0.25, -0.2) is 9.37 Å². The molecule has 1 aromatic carbocycles. The Morgan fingerprint density at radius 3 is 2.81 bits per heavy atom. The number of nitrogens with zero attached hydrogens (tertiary/aromatic N) is 2. The van der Waals surface area contributed by atoms with Gasteiger partial charge in [0.2, 0.25) is 11.8 Å². The monoisotopic (exact) mass is 367 g/mol. The van der Waals surface area contributed by atoms with Gasteiger partial charge in [0.25, 0.3) is 0 Å². The first-order valence-corrected chi connectivity index (χ1v) is 7.76. The minimum atomic E-state index is -0.336. The van der Waals surface area contributed by atoms with Gasteiger partial charge < -0.3 is 10.1 Å². The van der Waals surface area contributed by atoms with Crippen LogP contribution in [0.4, 0.5) is 10.3 Å². The molecule has 0 aliphatic carbocycles. The number of aromatic nitrogens is 2. The summed E-state index contributed by atoms with van der Waals surface area (Å²) in [5.41, 5.74) is 0. The predicted octanol–water partition coefficient (Wildman–Crippen LogP) is 4.74. The number of hydrogen-bond acceptors (Lipinski definition) is 5. The van der Waals surface area contributed by atoms with Gasteiger partial charge >= 0.3 is 0 Å². The van der Waals surface area contributed by atoms with Crippen LogP contribution in [0.1, 0.15) is 4.88 Å². The average molecular weight is 368 g/mol. The van der Waals surface area contributed by atoms with E-state index in [0.717, 1.165) is 15.1 Å². The summed E-state index contributed by atoms with van der Waals surface area (Å²) in [4.78, 5) is 10.7. The smallest absolute Gasteiger partial charge is 0.232 e. The molecule has 0 unspecified atom stereocenters. The molecule has 0 atom stereocenters. The quantitative estimate of drug-likeness (QED) is 0.726. The van der Waals surface area contributed by atoms with Gasteiger partial charge in [0, 0.05) is 11.9 Å². The van der Waals surface area contributed by atoms with Gasteiger partial charge in [-0.1, -0.05) is 0 Å². The molecule has 0 aliphatic heterocycles. The number of halogens is 2. The van der Waals surface area contributed by atoms with E-state index in [-0.39, 0.29) is 5.82 Å². The second kappa shape index (κ2) is 5.57. The van der Waals surface area contributed by atoms with Crippen molar-refractivity contribution in [1.29, 1.82) is 0 Å². The van der Waals surface area contributed by atoms with Gasteiger partial charge in [0.15, 0.2) is 0 Å². The molecule has 0 saturated heterocycles. The predicted molar refractivity (Wildman–Crippen MR) is 85.9 cm³/mol. The zero-order chi connectivity index (χ0) is 15.0. The van der Waals surface area contributed by atoms with Crippen molar-refractivity contribution >= 4 is 43.4 Å². The maximum absolute atomic E-state index is 13.3. The topological polar surface area (TPSA) is 47.0 Å². The van der Waals surface area contributed by atoms with Crippen LogP contribution in [-0.4, -0.2) is 17.0 Å². The summed E-state index contributed by atoms with van der Waals surface area (Å²) in [5.74, 6) is 1.11. The first kappa shape index (κ1) is 14.2. The fourth-order valence-corrected chi connectivity index (χ4v) is 3.09. The fraction of sp³-hybridized carbons (Fsp3) is 0.143. The Bertz CT molecular complexity index is 821. The minimum Gasteiger partial charge on any atom is -0.438 e. The van der Waals surface area contributed by atoms with E-state index in [1.54, 1.807) is 30.5 Å². The van der Waals surface area contributed by atoms with Crippen LogP contribution in [0.15, 0.2) is 28.7 Å². The molecule has 2 heterocycles. The molecule has 0 aliphatic rings. The van der Waals surface area contributed by atoms with Crippen LogP contribution < -0.4 is 10.1 Å². The third-order valence-corrected chi connectivity index (χ3v) is 4.36. The molecule has 0 amide bonds. The molecule has 21 heavy (non-hydrogen) atoms. The molecular weight excluding hydrogens is 357 g/mol. The lowest BCUT2D eigenvalue weighted by Gasteiger charge is -2.08. The molecule has 108 valence electrons. The van der Waals surface area contributed by atoms with E-state index in [2.05, 4.69) is 31.2 Å². The van der Waals surface area contributed by atoms with Crippen molar-refractivity contribution in [2.24, 2.45) is 0 Å². The Labute approximate surface area is 133 Å². The zero-order valence-corrected chi connectivity index (χ0v) is 13.7. The van der Waals surface area contributed by atoms with E-state index in [0.29, 0.717) is 22.1 Å². The second-order valence-corrected chi connectivity index (χ2v) is 6.45. The standard InChI is InChI=1S/C14H11BrFN3OS/c1-7-5-9-12(18-14(17-2)19-13(9)21-7)20-8-3-4-11(16)10(15)6-8/h3-6H,1-2H3,(H,17,18,19). The zero-order valence-electron chi connectivity index (χ0n) is 11.3. The molecule has 0 fully saturated rings. The number of rotatable bonds is 3. The third-order valence-electron chi connectivity index (χ3n) is 2.81. The highest BCUT2D eigenvalue weighted by Crippen LogP contribution is 2.34. The summed E-state index contributed by atoms with van der Waals surface area (Å²) in [6.45, 7) is 2.00. The van der Waals surface area contributed by atoms with Crippen molar-refractivity contribution in [2.75, 3.05) is 12.4 Å². The Kier molecular flexibility index (Phi) is 3.77. The number of aryl methyl sites for hydroxylation is 1. The minimum absolute atomic E-state index is 0.336. The van der Waals surface area contributed by atoms with Crippen molar-refractivity contribution in [3.05, 3.63) is 39.4 Å². The van der Waals surface area contributed by atoms with Crippen molar-refractivity contribution in [3.63, 3.8) is 0 Å². The number of benzene rings is 1. The van der Waals surface area contributed by atoms with Crippen LogP contribution in [0.5, 0.6) is 11.6 Å². The molecule has 3 rings (SSSR count). The molecule has 0 radical (unpaired) electrons. The fourth-order valence-electron chi connectivity index (χ4n) is 1.86. The summed E-state index contributed by atoms with van der Waals surface area (Å²) in [6, 6.07) is 6.46. The largest absolute Gasteiger partial charge is 0.438 e. The van der Waals surface area contributed by atoms with Gasteiger partial charge in [-0.15, -0.1) is 11.3 Å². The van der Waals surface area contributed by atoms with Crippen LogP contribution in [0.2, 0.25) is 0 Å². The van der Waals surface area contributed by atoms with E-state index in [9.17, 15) is 4.39 Å². The summed E-state index contributed by atoms with van der Waals surface area (Å²) >= 11 is 4.71. The lowest BCUT2D eigenvalue weighted by molar-refractivity contribution is 0.466. The molecule has 3 aromatic rings. The average Bonchev–Trinajstić information content (AvgIpc) is 2.83. The number of hydrogen-bond donors (Lipinski definition) is 1. The van der Waals surface area contributed by atoms with Crippen LogP contribution in [0.25, 0.3) is 10.2 Å². The van der Waals surface area contributed by atoms with Crippen LogP contribution >= 0.6 is 27.3 Å². The molecule has 2 aromatic heterocycles. The Balaban J connectivity index is 2.07. The van der Waals surface area contributed by atoms with Crippen LogP contribution in [0.3, 0.4) is 0 Å². The summed E-state index contributed by atoms with van der Waals surface area (Å²) in [5, 5.41) is 3.75. The molecule has 1 N–H and O–H groups in total. The molecule has 0 saturated carbocycles. The number of ether oxygens (including phenoxy) is 1. The SMILES string of the molecule is CNc1nc(Oc2ccc(F)c(Br)c2)c2cc(C)sc2n1. The van der Waals surface area contributed by atoms with Gasteiger partial charge in [0.05, 0.1) is 9.86 Å². The Hall–Kier alpha value is -1.73. The Morgan fingerprint density at radius 1 is 1.29 bits per heavy atom. The maximum atomic E-state index is 13.3. The molecule has 0 bridgehead atoms. The van der Waals surface area contributed by atoms with Gasteiger partial charge in [0.1, 0.15) is 16.4 Å². The first-order valence-electron chi connectivity index (χ1n) is 6.15. The van der Waals surface area contributed by atoms with Crippen LogP contribution in [0, 0.1) is 12.7 Å². The van der Waals surface area contributed by atoms with Crippen molar-refractivity contribution in [1.82, 2.24) is 9.97 Å². The highest BCUT2D eigenvalue weighted by molar-refractivity contribution is 9.10. The van der Waals surface area contributed by atoms with Gasteiger partial charge in [-0.05, 0) is 47.1 Å². The lowest BCUT2D eigenvalue weighted by Crippen LogP contribution is -1.98. The third kappa shape index (κ3) is 2.84. The first-order chi connectivity index (χ1) is 10.1. The number of fused-ring (bicyclic) bond motifs is 1. The number of nitrogens with one attached hydrogen (secondary N) is 1. The summed E-state index contributed by atoms with van der Waals surface area (Å²) in [6.07, 6.45) is 0. The van der Waals surface area contributed by atoms with Crippen molar-refractivity contribution in [3.8, 4) is 11.6 Å². The Morgan fingerprint density at radius 2 is 2.10 bits per heavy atom. The molecule has 0 spiro atoms. The lowest BCUT2D eigenvalue weighted by atomic mass is 10.3. The number of anilines is 1. The number of thiophene rings is 1. The summed E-state index contributed by atoms with van der Waals surface area (Å²) in [7, 11) is 1.75.